The van der Waals surface area contributed by atoms with Crippen molar-refractivity contribution in [3.8, 4) is 0 Å². The van der Waals surface area contributed by atoms with Gasteiger partial charge in [-0.1, -0.05) is 12.1 Å². The molecule has 0 saturated carbocycles. The van der Waals surface area contributed by atoms with Gasteiger partial charge in [-0.15, -0.1) is 0 Å². The smallest absolute Gasteiger partial charge is 0.266 e. The number of nitrogens with two attached hydrogens (primary N) is 1. The van der Waals surface area contributed by atoms with Crippen LogP contribution in [0.15, 0.2) is 36.4 Å². The van der Waals surface area contributed by atoms with Gasteiger partial charge in [0.25, 0.3) is 17.7 Å². The zero-order valence-electron chi connectivity index (χ0n) is 15.7. The van der Waals surface area contributed by atoms with Crippen molar-refractivity contribution < 1.29 is 14.4 Å². The molecule has 0 aliphatic carbocycles. The van der Waals surface area contributed by atoms with E-state index in [1.807, 2.05) is 39.0 Å². The highest BCUT2D eigenvalue weighted by Crippen LogP contribution is 2.31. The second kappa shape index (κ2) is 7.32. The van der Waals surface area contributed by atoms with Gasteiger partial charge in [-0.3, -0.25) is 14.4 Å². The zero-order valence-corrected chi connectivity index (χ0v) is 15.7. The molecule has 6 heteroatoms. The monoisotopic (exact) mass is 365 g/mol. The Balaban J connectivity index is 1.88. The highest BCUT2D eigenvalue weighted by atomic mass is 16.2. The zero-order chi connectivity index (χ0) is 19.7. The number of hydrogen-bond donors (Lipinski definition) is 2. The van der Waals surface area contributed by atoms with Crippen LogP contribution in [0.2, 0.25) is 0 Å². The number of rotatable bonds is 5. The summed E-state index contributed by atoms with van der Waals surface area (Å²) in [6, 6.07) is 10.2. The lowest BCUT2D eigenvalue weighted by Crippen LogP contribution is -2.30. The van der Waals surface area contributed by atoms with E-state index in [0.29, 0.717) is 29.8 Å². The summed E-state index contributed by atoms with van der Waals surface area (Å²) < 4.78 is 0. The highest BCUT2D eigenvalue weighted by Gasteiger charge is 2.37. The molecule has 0 bridgehead atoms. The lowest BCUT2D eigenvalue weighted by molar-refractivity contribution is 0.0923. The molecule has 140 valence electrons. The van der Waals surface area contributed by atoms with E-state index in [4.69, 9.17) is 5.73 Å². The van der Waals surface area contributed by atoms with Crippen LogP contribution in [-0.4, -0.2) is 30.3 Å². The van der Waals surface area contributed by atoms with Crippen LogP contribution in [0, 0.1) is 13.8 Å². The molecule has 2 aromatic carbocycles. The van der Waals surface area contributed by atoms with Gasteiger partial charge in [0.1, 0.15) is 0 Å². The average Bonchev–Trinajstić information content (AvgIpc) is 2.87. The molecule has 3 N–H and O–H groups in total. The van der Waals surface area contributed by atoms with Crippen molar-refractivity contribution in [2.75, 3.05) is 11.4 Å². The number of carbonyl (C=O) groups is 3. The summed E-state index contributed by atoms with van der Waals surface area (Å²) >= 11 is 0. The lowest BCUT2D eigenvalue weighted by Gasteiger charge is -2.17. The van der Waals surface area contributed by atoms with Crippen LogP contribution < -0.4 is 16.0 Å². The van der Waals surface area contributed by atoms with Crippen LogP contribution >= 0.6 is 0 Å². The summed E-state index contributed by atoms with van der Waals surface area (Å²) in [7, 11) is 0. The van der Waals surface area contributed by atoms with Crippen molar-refractivity contribution in [1.82, 2.24) is 5.32 Å². The van der Waals surface area contributed by atoms with E-state index in [2.05, 4.69) is 5.32 Å². The fourth-order valence-corrected chi connectivity index (χ4v) is 3.08. The van der Waals surface area contributed by atoms with Crippen LogP contribution in [0.5, 0.6) is 0 Å². The molecule has 6 nitrogen and oxygen atoms in total. The van der Waals surface area contributed by atoms with Crippen molar-refractivity contribution in [1.29, 1.82) is 0 Å². The maximum atomic E-state index is 12.9. The van der Waals surface area contributed by atoms with Crippen LogP contribution in [0.3, 0.4) is 0 Å². The number of anilines is 1. The number of amides is 3. The molecule has 0 radical (unpaired) electrons. The number of imide groups is 1. The third-order valence-corrected chi connectivity index (χ3v) is 4.64. The molecule has 2 aromatic rings. The van der Waals surface area contributed by atoms with Crippen LogP contribution in [-0.2, 0) is 0 Å². The molecule has 0 spiro atoms. The molecule has 0 aromatic heterocycles. The predicted molar refractivity (Wildman–Crippen MR) is 104 cm³/mol. The van der Waals surface area contributed by atoms with E-state index < -0.39 is 5.91 Å². The fraction of sp³-hybridized carbons (Fsp3) is 0.286. The Bertz CT molecular complexity index is 934. The SMILES string of the molecule is Cc1ccc(C)c(N2C(=O)c3ccc(C(=O)NCCC(C)N)cc3C2=O)c1. The van der Waals surface area contributed by atoms with Gasteiger partial charge in [0.15, 0.2) is 0 Å². The van der Waals surface area contributed by atoms with Gasteiger partial charge in [0.2, 0.25) is 0 Å². The normalized spacial score (nSPS) is 14.3. The van der Waals surface area contributed by atoms with Crippen molar-refractivity contribution in [2.45, 2.75) is 33.2 Å². The van der Waals surface area contributed by atoms with Gasteiger partial charge >= 0.3 is 0 Å². The standard InChI is InChI=1S/C21H23N3O3/c1-12-4-5-13(2)18(10-12)24-20(26)16-7-6-15(11-17(16)21(24)27)19(25)23-9-8-14(3)22/h4-7,10-11,14H,8-9,22H2,1-3H3,(H,23,25). The number of carbonyl (C=O) groups excluding carboxylic acids is 3. The summed E-state index contributed by atoms with van der Waals surface area (Å²) in [6.45, 7) is 6.09. The van der Waals surface area contributed by atoms with Crippen molar-refractivity contribution in [3.05, 3.63) is 64.2 Å². The Hall–Kier alpha value is -2.99. The van der Waals surface area contributed by atoms with E-state index in [0.717, 1.165) is 11.1 Å². The van der Waals surface area contributed by atoms with Crippen LogP contribution in [0.25, 0.3) is 0 Å². The fourth-order valence-electron chi connectivity index (χ4n) is 3.08. The molecule has 27 heavy (non-hydrogen) atoms. The summed E-state index contributed by atoms with van der Waals surface area (Å²) in [4.78, 5) is 39.2. The number of benzene rings is 2. The van der Waals surface area contributed by atoms with E-state index in [-0.39, 0.29) is 23.4 Å². The van der Waals surface area contributed by atoms with Gasteiger partial charge in [-0.05, 0) is 62.6 Å². The first kappa shape index (κ1) is 18.8. The van der Waals surface area contributed by atoms with Crippen molar-refractivity contribution in [3.63, 3.8) is 0 Å². The van der Waals surface area contributed by atoms with Gasteiger partial charge in [0, 0.05) is 18.2 Å². The molecule has 0 saturated heterocycles. The molecule has 0 fully saturated rings. The van der Waals surface area contributed by atoms with Crippen molar-refractivity contribution in [2.24, 2.45) is 5.73 Å². The molecule has 1 unspecified atom stereocenters. The quantitative estimate of drug-likeness (QED) is 0.797. The largest absolute Gasteiger partial charge is 0.352 e. The van der Waals surface area contributed by atoms with E-state index in [1.165, 1.54) is 11.0 Å². The summed E-state index contributed by atoms with van der Waals surface area (Å²) in [5.41, 5.74) is 8.96. The summed E-state index contributed by atoms with van der Waals surface area (Å²) in [5.74, 6) is -1.06. The third-order valence-electron chi connectivity index (χ3n) is 4.64. The first-order chi connectivity index (χ1) is 12.8. The molecular weight excluding hydrogens is 342 g/mol. The molecular formula is C21H23N3O3. The second-order valence-corrected chi connectivity index (χ2v) is 7.02. The molecule has 1 heterocycles. The first-order valence-corrected chi connectivity index (χ1v) is 8.93. The predicted octanol–water partition coefficient (Wildman–Crippen LogP) is 2.57. The average molecular weight is 365 g/mol. The molecule has 3 amide bonds. The number of nitrogens with zero attached hydrogens (tertiary/aromatic N) is 1. The lowest BCUT2D eigenvalue weighted by atomic mass is 10.1. The van der Waals surface area contributed by atoms with Gasteiger partial charge in [0.05, 0.1) is 16.8 Å². The second-order valence-electron chi connectivity index (χ2n) is 7.02. The molecule has 1 aliphatic rings. The first-order valence-electron chi connectivity index (χ1n) is 8.93. The molecule has 1 atom stereocenters. The van der Waals surface area contributed by atoms with Gasteiger partial charge < -0.3 is 11.1 Å². The maximum absolute atomic E-state index is 12.9. The van der Waals surface area contributed by atoms with E-state index in [1.54, 1.807) is 12.1 Å². The number of hydrogen-bond acceptors (Lipinski definition) is 4. The van der Waals surface area contributed by atoms with Gasteiger partial charge in [-0.25, -0.2) is 4.90 Å². The van der Waals surface area contributed by atoms with Crippen LogP contribution in [0.1, 0.15) is 55.5 Å². The maximum Gasteiger partial charge on any atom is 0.266 e. The minimum absolute atomic E-state index is 0.00403. The third kappa shape index (κ3) is 3.61. The Morgan fingerprint density at radius 2 is 1.78 bits per heavy atom. The van der Waals surface area contributed by atoms with E-state index in [9.17, 15) is 14.4 Å². The van der Waals surface area contributed by atoms with Gasteiger partial charge in [-0.2, -0.15) is 0 Å². The minimum Gasteiger partial charge on any atom is -0.352 e. The summed E-state index contributed by atoms with van der Waals surface area (Å²) in [5, 5.41) is 2.78. The Labute approximate surface area is 158 Å². The van der Waals surface area contributed by atoms with Crippen molar-refractivity contribution >= 4 is 23.4 Å². The number of fused-ring (bicyclic) bond motifs is 1. The molecule has 1 aliphatic heterocycles. The minimum atomic E-state index is -0.408. The summed E-state index contributed by atoms with van der Waals surface area (Å²) in [6.07, 6.45) is 0.661. The number of nitrogens with one attached hydrogen (secondary N) is 1. The highest BCUT2D eigenvalue weighted by molar-refractivity contribution is 6.35. The Morgan fingerprint density at radius 1 is 1.07 bits per heavy atom. The topological polar surface area (TPSA) is 92.5 Å². The van der Waals surface area contributed by atoms with Crippen LogP contribution in [0.4, 0.5) is 5.69 Å². The molecule has 3 rings (SSSR count). The Kier molecular flexibility index (Phi) is 5.10. The number of aryl methyl sites for hydroxylation is 2. The van der Waals surface area contributed by atoms with E-state index >= 15 is 0 Å². The Morgan fingerprint density at radius 3 is 2.48 bits per heavy atom.